The molecule has 0 aliphatic heterocycles. The summed E-state index contributed by atoms with van der Waals surface area (Å²) in [7, 11) is 0. The lowest BCUT2D eigenvalue weighted by atomic mass is 9.69. The topological polar surface area (TPSA) is 0 Å². The molecule has 1 unspecified atom stereocenters. The molecule has 0 heterocycles. The van der Waals surface area contributed by atoms with Gasteiger partial charge >= 0.3 is 0 Å². The Hall–Kier alpha value is -0.820. The van der Waals surface area contributed by atoms with Crippen LogP contribution in [0.3, 0.4) is 0 Å². The quantitative estimate of drug-likeness (QED) is 0.540. The van der Waals surface area contributed by atoms with Crippen LogP contribution in [0.1, 0.15) is 59.4 Å². The standard InChI is InChI=1S/C20H27Br/c1-19(2,3)13-17(20(4,5)6)15-11-10-14-8-7-9-18(21)16(14)12-15/h7-12,17H,13H2,1-6H3. The normalized spacial score (nSPS) is 14.4. The predicted octanol–water partition coefficient (Wildman–Crippen LogP) is 7.17. The number of fused-ring (bicyclic) bond motifs is 1. The SMILES string of the molecule is CC(C)(C)CC(c1ccc2cccc(Br)c2c1)C(C)(C)C. The maximum Gasteiger partial charge on any atom is 0.0253 e. The van der Waals surface area contributed by atoms with Gasteiger partial charge in [0, 0.05) is 4.47 Å². The Labute approximate surface area is 138 Å². The third kappa shape index (κ3) is 4.10. The summed E-state index contributed by atoms with van der Waals surface area (Å²) < 4.78 is 1.19. The van der Waals surface area contributed by atoms with E-state index >= 15 is 0 Å². The summed E-state index contributed by atoms with van der Waals surface area (Å²) in [4.78, 5) is 0. The highest BCUT2D eigenvalue weighted by Gasteiger charge is 2.30. The van der Waals surface area contributed by atoms with Crippen LogP contribution < -0.4 is 0 Å². The maximum absolute atomic E-state index is 3.69. The molecule has 0 spiro atoms. The molecule has 2 rings (SSSR count). The molecule has 2 aromatic rings. The minimum Gasteiger partial charge on any atom is -0.0605 e. The van der Waals surface area contributed by atoms with E-state index in [1.165, 1.54) is 27.2 Å². The molecule has 0 aliphatic carbocycles. The van der Waals surface area contributed by atoms with Crippen LogP contribution in [-0.2, 0) is 0 Å². The van der Waals surface area contributed by atoms with Crippen LogP contribution in [0.15, 0.2) is 40.9 Å². The van der Waals surface area contributed by atoms with Crippen LogP contribution in [0.2, 0.25) is 0 Å². The van der Waals surface area contributed by atoms with Gasteiger partial charge in [-0.1, -0.05) is 81.7 Å². The lowest BCUT2D eigenvalue weighted by Gasteiger charge is -2.36. The van der Waals surface area contributed by atoms with E-state index in [1.54, 1.807) is 0 Å². The number of hydrogen-bond donors (Lipinski definition) is 0. The number of halogens is 1. The summed E-state index contributed by atoms with van der Waals surface area (Å²) in [5.41, 5.74) is 2.06. The molecule has 0 fully saturated rings. The summed E-state index contributed by atoms with van der Waals surface area (Å²) in [6.07, 6.45) is 1.20. The lowest BCUT2D eigenvalue weighted by molar-refractivity contribution is 0.229. The summed E-state index contributed by atoms with van der Waals surface area (Å²) in [5, 5.41) is 2.62. The molecule has 0 saturated carbocycles. The minimum atomic E-state index is 0.266. The first kappa shape index (κ1) is 16.5. The second-order valence-electron chi connectivity index (χ2n) is 8.40. The molecule has 0 amide bonds. The second-order valence-corrected chi connectivity index (χ2v) is 9.26. The number of hydrogen-bond acceptors (Lipinski definition) is 0. The van der Waals surface area contributed by atoms with Crippen molar-refractivity contribution in [2.45, 2.75) is 53.9 Å². The highest BCUT2D eigenvalue weighted by molar-refractivity contribution is 9.10. The lowest BCUT2D eigenvalue weighted by Crippen LogP contribution is -2.23. The summed E-state index contributed by atoms with van der Waals surface area (Å²) in [6.45, 7) is 14.1. The molecule has 114 valence electrons. The maximum atomic E-state index is 3.69. The van der Waals surface area contributed by atoms with E-state index in [1.807, 2.05) is 0 Å². The first-order valence-corrected chi connectivity index (χ1v) is 8.55. The van der Waals surface area contributed by atoms with Gasteiger partial charge in [-0.05, 0) is 51.6 Å². The molecule has 21 heavy (non-hydrogen) atoms. The average molecular weight is 347 g/mol. The van der Waals surface area contributed by atoms with Crippen molar-refractivity contribution in [2.75, 3.05) is 0 Å². The monoisotopic (exact) mass is 346 g/mol. The predicted molar refractivity (Wildman–Crippen MR) is 97.9 cm³/mol. The smallest absolute Gasteiger partial charge is 0.0253 e. The van der Waals surface area contributed by atoms with Gasteiger partial charge in [0.15, 0.2) is 0 Å². The van der Waals surface area contributed by atoms with Crippen LogP contribution in [0.5, 0.6) is 0 Å². The molecule has 0 aliphatic rings. The Kier molecular flexibility index (Phi) is 4.54. The van der Waals surface area contributed by atoms with E-state index in [0.717, 1.165) is 0 Å². The second kappa shape index (κ2) is 5.76. The van der Waals surface area contributed by atoms with Crippen LogP contribution in [0.25, 0.3) is 10.8 Å². The Bertz CT molecular complexity index is 626. The van der Waals surface area contributed by atoms with Crippen molar-refractivity contribution in [3.63, 3.8) is 0 Å². The van der Waals surface area contributed by atoms with Crippen molar-refractivity contribution < 1.29 is 0 Å². The summed E-state index contributed by atoms with van der Waals surface area (Å²) in [6, 6.07) is 13.4. The van der Waals surface area contributed by atoms with E-state index in [4.69, 9.17) is 0 Å². The van der Waals surface area contributed by atoms with Gasteiger partial charge in [-0.2, -0.15) is 0 Å². The van der Waals surface area contributed by atoms with Crippen molar-refractivity contribution in [2.24, 2.45) is 10.8 Å². The molecule has 2 aromatic carbocycles. The minimum absolute atomic E-state index is 0.266. The van der Waals surface area contributed by atoms with Gasteiger partial charge < -0.3 is 0 Å². The molecular weight excluding hydrogens is 320 g/mol. The van der Waals surface area contributed by atoms with Crippen LogP contribution in [0, 0.1) is 10.8 Å². The van der Waals surface area contributed by atoms with Crippen LogP contribution in [0.4, 0.5) is 0 Å². The zero-order valence-electron chi connectivity index (χ0n) is 14.1. The van der Waals surface area contributed by atoms with Crippen LogP contribution >= 0.6 is 15.9 Å². The number of benzene rings is 2. The van der Waals surface area contributed by atoms with E-state index in [0.29, 0.717) is 11.3 Å². The highest BCUT2D eigenvalue weighted by atomic mass is 79.9. The largest absolute Gasteiger partial charge is 0.0605 e. The fourth-order valence-corrected chi connectivity index (χ4v) is 3.50. The molecule has 0 saturated heterocycles. The van der Waals surface area contributed by atoms with Crippen molar-refractivity contribution in [3.8, 4) is 0 Å². The zero-order chi connectivity index (χ0) is 15.8. The van der Waals surface area contributed by atoms with Crippen molar-refractivity contribution in [1.82, 2.24) is 0 Å². The first-order chi connectivity index (χ1) is 9.58. The molecule has 1 heteroatoms. The Morgan fingerprint density at radius 3 is 2.19 bits per heavy atom. The van der Waals surface area contributed by atoms with Gasteiger partial charge in [-0.3, -0.25) is 0 Å². The van der Waals surface area contributed by atoms with E-state index in [2.05, 4.69) is 93.9 Å². The van der Waals surface area contributed by atoms with Gasteiger partial charge in [0.1, 0.15) is 0 Å². The average Bonchev–Trinajstić information content (AvgIpc) is 2.34. The molecule has 0 N–H and O–H groups in total. The van der Waals surface area contributed by atoms with Gasteiger partial charge in [0.25, 0.3) is 0 Å². The Morgan fingerprint density at radius 1 is 0.952 bits per heavy atom. The number of rotatable bonds is 2. The molecule has 1 atom stereocenters. The van der Waals surface area contributed by atoms with E-state index in [9.17, 15) is 0 Å². The fraction of sp³-hybridized carbons (Fsp3) is 0.500. The van der Waals surface area contributed by atoms with Gasteiger partial charge in [-0.25, -0.2) is 0 Å². The molecule has 0 radical (unpaired) electrons. The van der Waals surface area contributed by atoms with Crippen molar-refractivity contribution in [1.29, 1.82) is 0 Å². The highest BCUT2D eigenvalue weighted by Crippen LogP contribution is 2.44. The molecule has 0 nitrogen and oxygen atoms in total. The molecule has 0 bridgehead atoms. The van der Waals surface area contributed by atoms with E-state index in [-0.39, 0.29) is 5.41 Å². The first-order valence-electron chi connectivity index (χ1n) is 7.76. The van der Waals surface area contributed by atoms with Gasteiger partial charge in [0.2, 0.25) is 0 Å². The van der Waals surface area contributed by atoms with Crippen LogP contribution in [-0.4, -0.2) is 0 Å². The fourth-order valence-electron chi connectivity index (χ4n) is 3.01. The summed E-state index contributed by atoms with van der Waals surface area (Å²) >= 11 is 3.69. The van der Waals surface area contributed by atoms with E-state index < -0.39 is 0 Å². The molecule has 0 aromatic heterocycles. The third-order valence-corrected chi connectivity index (χ3v) is 4.81. The summed E-state index contributed by atoms with van der Waals surface area (Å²) in [5.74, 6) is 0.564. The third-order valence-electron chi connectivity index (χ3n) is 4.12. The van der Waals surface area contributed by atoms with Gasteiger partial charge in [0.05, 0.1) is 0 Å². The zero-order valence-corrected chi connectivity index (χ0v) is 15.7. The Balaban J connectivity index is 2.52. The van der Waals surface area contributed by atoms with Crippen molar-refractivity contribution >= 4 is 26.7 Å². The Morgan fingerprint density at radius 2 is 1.62 bits per heavy atom. The van der Waals surface area contributed by atoms with Gasteiger partial charge in [-0.15, -0.1) is 0 Å². The molecular formula is C20H27Br. The van der Waals surface area contributed by atoms with Crippen molar-refractivity contribution in [3.05, 3.63) is 46.4 Å².